The first-order valence-electron chi connectivity index (χ1n) is 6.24. The highest BCUT2D eigenvalue weighted by atomic mass is 19.4. The number of nitrogen functional groups attached to an aromatic ring is 1. The number of aryl methyl sites for hydroxylation is 1. The number of fused-ring (bicyclic) bond motifs is 1. The van der Waals surface area contributed by atoms with Crippen LogP contribution in [0, 0.1) is 0 Å². The van der Waals surface area contributed by atoms with E-state index in [4.69, 9.17) is 5.73 Å². The van der Waals surface area contributed by atoms with Crippen molar-refractivity contribution in [1.82, 2.24) is 9.55 Å². The minimum Gasteiger partial charge on any atom is -0.399 e. The standard InChI is InChI=1S/C15H12F3N3/c1-21-8-20-13-6-11(9-3-2-4-10(19)5-9)12(7-14(13)21)15(16,17)18/h2-8H,19H2,1H3. The molecule has 0 aliphatic heterocycles. The van der Waals surface area contributed by atoms with Gasteiger partial charge in [-0.3, -0.25) is 0 Å². The lowest BCUT2D eigenvalue weighted by molar-refractivity contribution is -0.137. The largest absolute Gasteiger partial charge is 0.417 e. The molecule has 3 nitrogen and oxygen atoms in total. The highest BCUT2D eigenvalue weighted by Crippen LogP contribution is 2.39. The van der Waals surface area contributed by atoms with Gasteiger partial charge in [-0.25, -0.2) is 4.98 Å². The fourth-order valence-corrected chi connectivity index (χ4v) is 2.35. The lowest BCUT2D eigenvalue weighted by Gasteiger charge is -2.14. The van der Waals surface area contributed by atoms with E-state index in [2.05, 4.69) is 4.98 Å². The molecule has 6 heteroatoms. The van der Waals surface area contributed by atoms with Crippen LogP contribution in [0.3, 0.4) is 0 Å². The first-order valence-corrected chi connectivity index (χ1v) is 6.24. The topological polar surface area (TPSA) is 43.8 Å². The van der Waals surface area contributed by atoms with Gasteiger partial charge >= 0.3 is 6.18 Å². The zero-order chi connectivity index (χ0) is 15.2. The van der Waals surface area contributed by atoms with Gasteiger partial charge in [-0.1, -0.05) is 12.1 Å². The summed E-state index contributed by atoms with van der Waals surface area (Å²) in [5.41, 5.74) is 6.87. The predicted molar refractivity (Wildman–Crippen MR) is 75.6 cm³/mol. The first-order chi connectivity index (χ1) is 9.86. The summed E-state index contributed by atoms with van der Waals surface area (Å²) in [6.07, 6.45) is -2.95. The van der Waals surface area contributed by atoms with Gasteiger partial charge in [0, 0.05) is 12.7 Å². The maximum atomic E-state index is 13.3. The van der Waals surface area contributed by atoms with E-state index in [0.717, 1.165) is 6.07 Å². The number of anilines is 1. The Morgan fingerprint density at radius 3 is 2.57 bits per heavy atom. The second-order valence-electron chi connectivity index (χ2n) is 4.87. The summed E-state index contributed by atoms with van der Waals surface area (Å²) in [6.45, 7) is 0. The number of imidazole rings is 1. The van der Waals surface area contributed by atoms with Crippen molar-refractivity contribution in [3.8, 4) is 11.1 Å². The van der Waals surface area contributed by atoms with Crippen LogP contribution in [0.4, 0.5) is 18.9 Å². The molecular weight excluding hydrogens is 279 g/mol. The van der Waals surface area contributed by atoms with Gasteiger partial charge in [-0.2, -0.15) is 13.2 Å². The van der Waals surface area contributed by atoms with E-state index >= 15 is 0 Å². The fourth-order valence-electron chi connectivity index (χ4n) is 2.35. The number of rotatable bonds is 1. The molecule has 0 atom stereocenters. The van der Waals surface area contributed by atoms with Crippen LogP contribution in [0.2, 0.25) is 0 Å². The van der Waals surface area contributed by atoms with Gasteiger partial charge in [-0.05, 0) is 35.4 Å². The molecule has 0 fully saturated rings. The first kappa shape index (κ1) is 13.5. The fraction of sp³-hybridized carbons (Fsp3) is 0.133. The number of hydrogen-bond acceptors (Lipinski definition) is 2. The number of hydrogen-bond donors (Lipinski definition) is 1. The molecule has 2 aromatic carbocycles. The average Bonchev–Trinajstić information content (AvgIpc) is 2.78. The molecule has 0 radical (unpaired) electrons. The van der Waals surface area contributed by atoms with E-state index in [1.54, 1.807) is 29.8 Å². The third-order valence-electron chi connectivity index (χ3n) is 3.37. The van der Waals surface area contributed by atoms with Gasteiger partial charge in [-0.15, -0.1) is 0 Å². The van der Waals surface area contributed by atoms with Gasteiger partial charge in [0.15, 0.2) is 0 Å². The second-order valence-corrected chi connectivity index (χ2v) is 4.87. The SMILES string of the molecule is Cn1cnc2cc(-c3cccc(N)c3)c(C(F)(F)F)cc21. The third-order valence-corrected chi connectivity index (χ3v) is 3.37. The molecule has 0 aliphatic carbocycles. The van der Waals surface area contributed by atoms with Gasteiger partial charge in [0.05, 0.1) is 22.9 Å². The maximum Gasteiger partial charge on any atom is 0.417 e. The lowest BCUT2D eigenvalue weighted by Crippen LogP contribution is -2.07. The van der Waals surface area contributed by atoms with Crippen LogP contribution in [0.15, 0.2) is 42.7 Å². The molecule has 0 spiro atoms. The number of benzene rings is 2. The molecule has 0 amide bonds. The second kappa shape index (κ2) is 4.51. The molecule has 0 unspecified atom stereocenters. The van der Waals surface area contributed by atoms with Crippen molar-refractivity contribution in [3.05, 3.63) is 48.3 Å². The van der Waals surface area contributed by atoms with Crippen LogP contribution >= 0.6 is 0 Å². The molecule has 3 rings (SSSR count). The highest BCUT2D eigenvalue weighted by molar-refractivity contribution is 5.85. The van der Waals surface area contributed by atoms with E-state index in [1.807, 2.05) is 0 Å². The summed E-state index contributed by atoms with van der Waals surface area (Å²) in [6, 6.07) is 8.98. The zero-order valence-corrected chi connectivity index (χ0v) is 11.1. The van der Waals surface area contributed by atoms with E-state index in [9.17, 15) is 13.2 Å². The molecule has 0 bridgehead atoms. The molecule has 3 aromatic rings. The van der Waals surface area contributed by atoms with Crippen LogP contribution in [-0.4, -0.2) is 9.55 Å². The third kappa shape index (κ3) is 2.33. The summed E-state index contributed by atoms with van der Waals surface area (Å²) >= 11 is 0. The summed E-state index contributed by atoms with van der Waals surface area (Å²) in [5.74, 6) is 0. The number of halogens is 3. The Morgan fingerprint density at radius 2 is 1.90 bits per heavy atom. The van der Waals surface area contributed by atoms with Crippen molar-refractivity contribution < 1.29 is 13.2 Å². The smallest absolute Gasteiger partial charge is 0.399 e. The Labute approximate surface area is 118 Å². The monoisotopic (exact) mass is 291 g/mol. The molecule has 21 heavy (non-hydrogen) atoms. The summed E-state index contributed by atoms with van der Waals surface area (Å²) in [7, 11) is 1.66. The zero-order valence-electron chi connectivity index (χ0n) is 11.1. The minimum atomic E-state index is -4.45. The van der Waals surface area contributed by atoms with Crippen molar-refractivity contribution >= 4 is 16.7 Å². The lowest BCUT2D eigenvalue weighted by atomic mass is 9.98. The Bertz CT molecular complexity index is 819. The van der Waals surface area contributed by atoms with Gasteiger partial charge in [0.1, 0.15) is 0 Å². The Hall–Kier alpha value is -2.50. The Morgan fingerprint density at radius 1 is 1.14 bits per heavy atom. The van der Waals surface area contributed by atoms with Crippen molar-refractivity contribution in [2.75, 3.05) is 5.73 Å². The van der Waals surface area contributed by atoms with Gasteiger partial charge < -0.3 is 10.3 Å². The molecule has 108 valence electrons. The summed E-state index contributed by atoms with van der Waals surface area (Å²) in [4.78, 5) is 4.11. The van der Waals surface area contributed by atoms with Gasteiger partial charge in [0.2, 0.25) is 0 Å². The van der Waals surface area contributed by atoms with Crippen LogP contribution in [0.25, 0.3) is 22.2 Å². The molecule has 0 aliphatic rings. The summed E-state index contributed by atoms with van der Waals surface area (Å²) < 4.78 is 41.6. The maximum absolute atomic E-state index is 13.3. The average molecular weight is 291 g/mol. The van der Waals surface area contributed by atoms with Crippen molar-refractivity contribution in [1.29, 1.82) is 0 Å². The van der Waals surface area contributed by atoms with Crippen LogP contribution < -0.4 is 5.73 Å². The highest BCUT2D eigenvalue weighted by Gasteiger charge is 2.34. The van der Waals surface area contributed by atoms with E-state index in [-0.39, 0.29) is 5.56 Å². The number of nitrogens with two attached hydrogens (primary N) is 1. The minimum absolute atomic E-state index is 0.0843. The molecule has 1 heterocycles. The number of nitrogens with zero attached hydrogens (tertiary/aromatic N) is 2. The van der Waals surface area contributed by atoms with Crippen molar-refractivity contribution in [2.45, 2.75) is 6.18 Å². The van der Waals surface area contributed by atoms with Gasteiger partial charge in [0.25, 0.3) is 0 Å². The summed E-state index contributed by atoms with van der Waals surface area (Å²) in [5, 5.41) is 0. The predicted octanol–water partition coefficient (Wildman–Crippen LogP) is 3.84. The molecule has 2 N–H and O–H groups in total. The number of aromatic nitrogens is 2. The molecule has 0 saturated carbocycles. The van der Waals surface area contributed by atoms with E-state index in [0.29, 0.717) is 22.3 Å². The normalized spacial score (nSPS) is 12.0. The Kier molecular flexibility index (Phi) is 2.90. The molecule has 0 saturated heterocycles. The molecule has 1 aromatic heterocycles. The quantitative estimate of drug-likeness (QED) is 0.692. The van der Waals surface area contributed by atoms with Crippen molar-refractivity contribution in [2.24, 2.45) is 7.05 Å². The molecular formula is C15H12F3N3. The Balaban J connectivity index is 2.34. The van der Waals surface area contributed by atoms with E-state index in [1.165, 1.54) is 18.5 Å². The van der Waals surface area contributed by atoms with Crippen LogP contribution in [0.5, 0.6) is 0 Å². The van der Waals surface area contributed by atoms with Crippen molar-refractivity contribution in [3.63, 3.8) is 0 Å². The van der Waals surface area contributed by atoms with Crippen LogP contribution in [0.1, 0.15) is 5.56 Å². The number of alkyl halides is 3. The van der Waals surface area contributed by atoms with Crippen LogP contribution in [-0.2, 0) is 13.2 Å². The van der Waals surface area contributed by atoms with E-state index < -0.39 is 11.7 Å².